The first-order chi connectivity index (χ1) is 29.6. The Morgan fingerprint density at radius 3 is 1.05 bits per heavy atom. The topological polar surface area (TPSA) is 9.72 Å². The Morgan fingerprint density at radius 2 is 0.700 bits per heavy atom. The first kappa shape index (κ1) is 38.2. The second kappa shape index (κ2) is 17.6. The second-order valence-electron chi connectivity index (χ2n) is 15.7. The van der Waals surface area contributed by atoms with Gasteiger partial charge in [-0.1, -0.05) is 153 Å². The molecule has 8 aromatic carbocycles. The van der Waals surface area contributed by atoms with Crippen molar-refractivity contribution in [1.29, 1.82) is 0 Å². The monoisotopic (exact) mass is 775 g/mol. The first-order valence-electron chi connectivity index (χ1n) is 20.9. The van der Waals surface area contributed by atoms with Crippen LogP contribution in [0.5, 0.6) is 0 Å². The largest absolute Gasteiger partial charge is 0.311 e. The van der Waals surface area contributed by atoms with Crippen molar-refractivity contribution in [2.75, 3.05) is 14.7 Å². The lowest BCUT2D eigenvalue weighted by Crippen LogP contribution is -2.28. The lowest BCUT2D eigenvalue weighted by atomic mass is 9.67. The summed E-state index contributed by atoms with van der Waals surface area (Å²) in [7, 11) is 0. The summed E-state index contributed by atoms with van der Waals surface area (Å²) < 4.78 is 0. The highest BCUT2D eigenvalue weighted by molar-refractivity contribution is 5.81. The SMILES string of the molecule is CC1(C(Cc2ccccc2)c2ccccc2)C=CC(N(c2ccc(N(c3ccccc3)c3ccccc3)cc2)c2ccc(N(c3ccccc3)c3ccccc3)cc2)=CC1. The zero-order chi connectivity index (χ0) is 40.6. The number of hydrogen-bond donors (Lipinski definition) is 0. The van der Waals surface area contributed by atoms with E-state index < -0.39 is 0 Å². The molecule has 0 radical (unpaired) electrons. The van der Waals surface area contributed by atoms with Crippen molar-refractivity contribution in [3.8, 4) is 0 Å². The van der Waals surface area contributed by atoms with Crippen LogP contribution in [-0.2, 0) is 6.42 Å². The Kier molecular flexibility index (Phi) is 11.2. The molecule has 9 rings (SSSR count). The summed E-state index contributed by atoms with van der Waals surface area (Å²) in [5.41, 5.74) is 12.7. The normalized spacial score (nSPS) is 15.1. The number of para-hydroxylation sites is 4. The number of allylic oxidation sites excluding steroid dienone is 3. The van der Waals surface area contributed by atoms with Crippen LogP contribution in [0.1, 0.15) is 30.4 Å². The number of nitrogens with zero attached hydrogens (tertiary/aromatic N) is 3. The summed E-state index contributed by atoms with van der Waals surface area (Å²) in [6.45, 7) is 2.43. The molecule has 292 valence electrons. The van der Waals surface area contributed by atoms with E-state index in [0.717, 1.165) is 64.0 Å². The second-order valence-corrected chi connectivity index (χ2v) is 15.7. The standard InChI is InChI=1S/C57H49N3/c1-57(56(46-22-10-3-11-23-46)44-45-20-8-2-9-21-45)42-40-55(41-43-57)60(53-36-32-51(33-37-53)58(47-24-12-4-13-25-47)48-26-14-5-15-27-48)54-38-34-52(35-39-54)59(49-28-16-6-17-29-49)50-30-18-7-19-31-50/h2-42,56H,43-44H2,1H3. The molecule has 0 N–H and O–H groups in total. The van der Waals surface area contributed by atoms with Gasteiger partial charge in [-0.05, 0) is 138 Å². The van der Waals surface area contributed by atoms with E-state index in [-0.39, 0.29) is 5.41 Å². The van der Waals surface area contributed by atoms with Crippen molar-refractivity contribution >= 4 is 45.5 Å². The van der Waals surface area contributed by atoms with Gasteiger partial charge in [0, 0.05) is 51.2 Å². The number of benzene rings is 8. The van der Waals surface area contributed by atoms with Gasteiger partial charge in [0.2, 0.25) is 0 Å². The third-order valence-electron chi connectivity index (χ3n) is 11.7. The number of anilines is 8. The molecule has 3 heteroatoms. The summed E-state index contributed by atoms with van der Waals surface area (Å²) in [6, 6.07) is 82.3. The average Bonchev–Trinajstić information content (AvgIpc) is 3.32. The minimum atomic E-state index is -0.0855. The Balaban J connectivity index is 1.10. The van der Waals surface area contributed by atoms with Gasteiger partial charge in [-0.2, -0.15) is 0 Å². The van der Waals surface area contributed by atoms with E-state index in [9.17, 15) is 0 Å². The molecular weight excluding hydrogens is 727 g/mol. The van der Waals surface area contributed by atoms with Gasteiger partial charge in [0.1, 0.15) is 0 Å². The van der Waals surface area contributed by atoms with Gasteiger partial charge in [0.15, 0.2) is 0 Å². The average molecular weight is 776 g/mol. The molecule has 0 amide bonds. The van der Waals surface area contributed by atoms with Crippen molar-refractivity contribution in [2.24, 2.45) is 5.41 Å². The van der Waals surface area contributed by atoms with Crippen LogP contribution < -0.4 is 14.7 Å². The predicted octanol–water partition coefficient (Wildman–Crippen LogP) is 15.6. The van der Waals surface area contributed by atoms with E-state index in [4.69, 9.17) is 0 Å². The summed E-state index contributed by atoms with van der Waals surface area (Å²) in [4.78, 5) is 7.03. The summed E-state index contributed by atoms with van der Waals surface area (Å²) in [6.07, 6.45) is 9.15. The fourth-order valence-electron chi connectivity index (χ4n) is 8.58. The molecule has 0 saturated heterocycles. The van der Waals surface area contributed by atoms with Gasteiger partial charge >= 0.3 is 0 Å². The van der Waals surface area contributed by atoms with E-state index in [1.165, 1.54) is 11.1 Å². The van der Waals surface area contributed by atoms with E-state index in [2.05, 4.69) is 270 Å². The molecule has 0 aromatic heterocycles. The molecule has 3 nitrogen and oxygen atoms in total. The molecule has 0 saturated carbocycles. The molecule has 0 heterocycles. The molecule has 2 unspecified atom stereocenters. The Labute approximate surface area is 355 Å². The maximum Gasteiger partial charge on any atom is 0.0463 e. The van der Waals surface area contributed by atoms with Crippen LogP contribution in [0.15, 0.2) is 254 Å². The van der Waals surface area contributed by atoms with Gasteiger partial charge in [-0.25, -0.2) is 0 Å². The number of rotatable bonds is 13. The number of hydrogen-bond acceptors (Lipinski definition) is 3. The Hall–Kier alpha value is -7.36. The van der Waals surface area contributed by atoms with Gasteiger partial charge in [-0.15, -0.1) is 0 Å². The highest BCUT2D eigenvalue weighted by Crippen LogP contribution is 2.47. The van der Waals surface area contributed by atoms with E-state index in [1.807, 2.05) is 0 Å². The third kappa shape index (κ3) is 8.30. The minimum Gasteiger partial charge on any atom is -0.311 e. The van der Waals surface area contributed by atoms with Crippen molar-refractivity contribution in [3.63, 3.8) is 0 Å². The van der Waals surface area contributed by atoms with E-state index in [1.54, 1.807) is 0 Å². The molecule has 0 aliphatic heterocycles. The van der Waals surface area contributed by atoms with Crippen LogP contribution >= 0.6 is 0 Å². The van der Waals surface area contributed by atoms with Crippen molar-refractivity contribution in [1.82, 2.24) is 0 Å². The molecule has 0 spiro atoms. The zero-order valence-electron chi connectivity index (χ0n) is 34.0. The zero-order valence-corrected chi connectivity index (χ0v) is 34.0. The fourth-order valence-corrected chi connectivity index (χ4v) is 8.58. The van der Waals surface area contributed by atoms with Crippen LogP contribution in [0.4, 0.5) is 45.5 Å². The highest BCUT2D eigenvalue weighted by Gasteiger charge is 2.35. The molecule has 2 atom stereocenters. The molecule has 8 aromatic rings. The quantitative estimate of drug-likeness (QED) is 0.115. The van der Waals surface area contributed by atoms with Crippen molar-refractivity contribution in [3.05, 3.63) is 266 Å². The molecular formula is C57H49N3. The van der Waals surface area contributed by atoms with Crippen molar-refractivity contribution in [2.45, 2.75) is 25.7 Å². The predicted molar refractivity (Wildman–Crippen MR) is 254 cm³/mol. The van der Waals surface area contributed by atoms with Crippen LogP contribution in [0, 0.1) is 5.41 Å². The highest BCUT2D eigenvalue weighted by atomic mass is 15.2. The van der Waals surface area contributed by atoms with Gasteiger partial charge in [0.05, 0.1) is 0 Å². The maximum absolute atomic E-state index is 2.47. The van der Waals surface area contributed by atoms with Crippen molar-refractivity contribution < 1.29 is 0 Å². The van der Waals surface area contributed by atoms with E-state index in [0.29, 0.717) is 5.92 Å². The summed E-state index contributed by atoms with van der Waals surface area (Å²) in [5.74, 6) is 0.311. The van der Waals surface area contributed by atoms with Crippen LogP contribution in [0.2, 0.25) is 0 Å². The molecule has 0 fully saturated rings. The fraction of sp³-hybridized carbons (Fsp3) is 0.0877. The lowest BCUT2D eigenvalue weighted by Gasteiger charge is -2.39. The Bertz CT molecular complexity index is 2420. The lowest BCUT2D eigenvalue weighted by molar-refractivity contribution is 0.331. The van der Waals surface area contributed by atoms with E-state index >= 15 is 0 Å². The minimum absolute atomic E-state index is 0.0855. The maximum atomic E-state index is 2.47. The third-order valence-corrected chi connectivity index (χ3v) is 11.7. The summed E-state index contributed by atoms with van der Waals surface area (Å²) >= 11 is 0. The molecule has 0 bridgehead atoms. The molecule has 1 aliphatic rings. The van der Waals surface area contributed by atoms with Gasteiger partial charge in [0.25, 0.3) is 0 Å². The smallest absolute Gasteiger partial charge is 0.0463 e. The van der Waals surface area contributed by atoms with Crippen LogP contribution in [0.25, 0.3) is 0 Å². The summed E-state index contributed by atoms with van der Waals surface area (Å²) in [5, 5.41) is 0. The van der Waals surface area contributed by atoms with Crippen LogP contribution in [-0.4, -0.2) is 0 Å². The molecule has 1 aliphatic carbocycles. The Morgan fingerprint density at radius 1 is 0.383 bits per heavy atom. The van der Waals surface area contributed by atoms with Crippen LogP contribution in [0.3, 0.4) is 0 Å². The van der Waals surface area contributed by atoms with Gasteiger partial charge in [-0.3, -0.25) is 0 Å². The first-order valence-corrected chi connectivity index (χ1v) is 20.9. The molecule has 60 heavy (non-hydrogen) atoms. The van der Waals surface area contributed by atoms with Gasteiger partial charge < -0.3 is 14.7 Å².